The van der Waals surface area contributed by atoms with E-state index in [1.807, 2.05) is 38.1 Å². The van der Waals surface area contributed by atoms with E-state index in [9.17, 15) is 9.59 Å². The maximum Gasteiger partial charge on any atom is 0.343 e. The van der Waals surface area contributed by atoms with E-state index in [2.05, 4.69) is 17.3 Å². The molecule has 0 saturated carbocycles. The molecular weight excluding hydrogens is 366 g/mol. The van der Waals surface area contributed by atoms with E-state index in [0.717, 1.165) is 6.42 Å². The molecular formula is C20H26ClN3O3. The molecule has 0 spiro atoms. The summed E-state index contributed by atoms with van der Waals surface area (Å²) in [5.41, 5.74) is 2.51. The summed E-state index contributed by atoms with van der Waals surface area (Å²) in [5.74, 6) is -0.734. The second-order valence-electron chi connectivity index (χ2n) is 6.91. The van der Waals surface area contributed by atoms with Crippen molar-refractivity contribution < 1.29 is 14.3 Å². The van der Waals surface area contributed by atoms with Crippen LogP contribution in [0.15, 0.2) is 24.3 Å². The zero-order valence-corrected chi connectivity index (χ0v) is 17.1. The standard InChI is InChI=1S/C20H26ClN3O3/c1-6-15-7-9-16(10-8-15)22-19(25)14(5)27-20(26)17-13(4)23-24(18(17)21)11-12(2)3/h7-10,12,14H,6,11H2,1-5H3,(H,22,25)/t14-/m0/s1. The fraction of sp³-hybridized carbons (Fsp3) is 0.450. The van der Waals surface area contributed by atoms with Crippen molar-refractivity contribution in [2.24, 2.45) is 5.92 Å². The van der Waals surface area contributed by atoms with Crippen LogP contribution in [0.25, 0.3) is 0 Å². The minimum atomic E-state index is -0.965. The van der Waals surface area contributed by atoms with Crippen molar-refractivity contribution in [3.05, 3.63) is 46.2 Å². The molecule has 1 aromatic heterocycles. The van der Waals surface area contributed by atoms with Gasteiger partial charge in [-0.15, -0.1) is 0 Å². The molecule has 2 aromatic rings. The van der Waals surface area contributed by atoms with Crippen LogP contribution in [0, 0.1) is 12.8 Å². The molecule has 0 unspecified atom stereocenters. The number of nitrogens with zero attached hydrogens (tertiary/aromatic N) is 2. The third kappa shape index (κ3) is 5.32. The minimum Gasteiger partial charge on any atom is -0.449 e. The smallest absolute Gasteiger partial charge is 0.343 e. The molecule has 2 rings (SSSR count). The minimum absolute atomic E-state index is 0.198. The van der Waals surface area contributed by atoms with E-state index in [1.165, 1.54) is 12.5 Å². The number of carbonyl (C=O) groups is 2. The van der Waals surface area contributed by atoms with Gasteiger partial charge in [-0.25, -0.2) is 4.79 Å². The Kier molecular flexibility index (Phi) is 7.02. The monoisotopic (exact) mass is 391 g/mol. The second-order valence-corrected chi connectivity index (χ2v) is 7.27. The van der Waals surface area contributed by atoms with Crippen molar-refractivity contribution >= 4 is 29.2 Å². The lowest BCUT2D eigenvalue weighted by atomic mass is 10.1. The van der Waals surface area contributed by atoms with E-state index in [4.69, 9.17) is 16.3 Å². The number of amides is 1. The Bertz CT molecular complexity index is 813. The summed E-state index contributed by atoms with van der Waals surface area (Å²) in [6.45, 7) is 9.94. The number of hydrogen-bond donors (Lipinski definition) is 1. The van der Waals surface area contributed by atoms with Gasteiger partial charge in [0.15, 0.2) is 6.10 Å². The molecule has 7 heteroatoms. The zero-order chi connectivity index (χ0) is 20.1. The zero-order valence-electron chi connectivity index (χ0n) is 16.4. The highest BCUT2D eigenvalue weighted by atomic mass is 35.5. The third-order valence-electron chi connectivity index (χ3n) is 4.09. The van der Waals surface area contributed by atoms with Crippen molar-refractivity contribution in [1.82, 2.24) is 9.78 Å². The first-order valence-corrected chi connectivity index (χ1v) is 9.44. The Hall–Kier alpha value is -2.34. The number of esters is 1. The molecule has 1 aromatic carbocycles. The predicted octanol–water partition coefficient (Wildman–Crippen LogP) is 4.25. The van der Waals surface area contributed by atoms with Gasteiger partial charge in [0, 0.05) is 12.2 Å². The van der Waals surface area contributed by atoms with Crippen LogP contribution in [0.3, 0.4) is 0 Å². The number of aryl methyl sites for hydroxylation is 2. The first-order valence-electron chi connectivity index (χ1n) is 9.06. The van der Waals surface area contributed by atoms with Crippen molar-refractivity contribution in [2.45, 2.75) is 53.7 Å². The van der Waals surface area contributed by atoms with E-state index in [1.54, 1.807) is 11.6 Å². The maximum atomic E-state index is 12.5. The lowest BCUT2D eigenvalue weighted by molar-refractivity contribution is -0.123. The van der Waals surface area contributed by atoms with Gasteiger partial charge in [-0.1, -0.05) is 44.5 Å². The normalized spacial score (nSPS) is 12.1. The number of ether oxygens (including phenoxy) is 1. The van der Waals surface area contributed by atoms with Crippen LogP contribution in [0.4, 0.5) is 5.69 Å². The average Bonchev–Trinajstić information content (AvgIpc) is 2.88. The third-order valence-corrected chi connectivity index (χ3v) is 4.47. The van der Waals surface area contributed by atoms with Crippen LogP contribution in [0.2, 0.25) is 5.15 Å². The van der Waals surface area contributed by atoms with Crippen molar-refractivity contribution in [3.8, 4) is 0 Å². The fourth-order valence-electron chi connectivity index (χ4n) is 2.59. The van der Waals surface area contributed by atoms with Crippen molar-refractivity contribution in [1.29, 1.82) is 0 Å². The Morgan fingerprint density at radius 1 is 1.22 bits per heavy atom. The fourth-order valence-corrected chi connectivity index (χ4v) is 2.91. The van der Waals surface area contributed by atoms with E-state index in [-0.39, 0.29) is 10.7 Å². The quantitative estimate of drug-likeness (QED) is 0.716. The molecule has 1 N–H and O–H groups in total. The first kappa shape index (κ1) is 21.0. The molecule has 0 bridgehead atoms. The van der Waals surface area contributed by atoms with Crippen molar-refractivity contribution in [3.63, 3.8) is 0 Å². The second kappa shape index (κ2) is 9.04. The summed E-state index contributed by atoms with van der Waals surface area (Å²) in [5, 5.41) is 7.26. The molecule has 1 amide bonds. The number of halogens is 1. The molecule has 27 heavy (non-hydrogen) atoms. The SMILES string of the molecule is CCc1ccc(NC(=O)[C@H](C)OC(=O)c2c(C)nn(CC(C)C)c2Cl)cc1. The number of nitrogens with one attached hydrogen (secondary N) is 1. The average molecular weight is 392 g/mol. The molecule has 146 valence electrons. The summed E-state index contributed by atoms with van der Waals surface area (Å²) >= 11 is 6.29. The number of anilines is 1. The number of benzene rings is 1. The van der Waals surface area contributed by atoms with Gasteiger partial charge in [-0.05, 0) is 43.9 Å². The Balaban J connectivity index is 2.04. The van der Waals surface area contributed by atoms with Gasteiger partial charge in [-0.3, -0.25) is 9.48 Å². The topological polar surface area (TPSA) is 73.2 Å². The van der Waals surface area contributed by atoms with Gasteiger partial charge < -0.3 is 10.1 Å². The highest BCUT2D eigenvalue weighted by molar-refractivity contribution is 6.32. The predicted molar refractivity (Wildman–Crippen MR) is 106 cm³/mol. The lowest BCUT2D eigenvalue weighted by Gasteiger charge is -2.14. The van der Waals surface area contributed by atoms with Gasteiger partial charge in [-0.2, -0.15) is 5.10 Å². The van der Waals surface area contributed by atoms with E-state index in [0.29, 0.717) is 23.8 Å². The highest BCUT2D eigenvalue weighted by Crippen LogP contribution is 2.22. The largest absolute Gasteiger partial charge is 0.449 e. The number of hydrogen-bond acceptors (Lipinski definition) is 4. The molecule has 0 saturated heterocycles. The van der Waals surface area contributed by atoms with Gasteiger partial charge in [0.05, 0.1) is 5.69 Å². The molecule has 1 atom stereocenters. The molecule has 0 radical (unpaired) electrons. The first-order chi connectivity index (χ1) is 12.7. The van der Waals surface area contributed by atoms with Crippen LogP contribution in [-0.2, 0) is 22.5 Å². The maximum absolute atomic E-state index is 12.5. The van der Waals surface area contributed by atoms with Gasteiger partial charge in [0.1, 0.15) is 10.7 Å². The Morgan fingerprint density at radius 3 is 2.41 bits per heavy atom. The summed E-state index contributed by atoms with van der Waals surface area (Å²) in [6.07, 6.45) is -0.0420. The summed E-state index contributed by atoms with van der Waals surface area (Å²) in [7, 11) is 0. The van der Waals surface area contributed by atoms with Crippen LogP contribution in [0.5, 0.6) is 0 Å². The summed E-state index contributed by atoms with van der Waals surface area (Å²) in [6, 6.07) is 7.53. The Morgan fingerprint density at radius 2 is 1.85 bits per heavy atom. The van der Waals surface area contributed by atoms with Crippen molar-refractivity contribution in [2.75, 3.05) is 5.32 Å². The van der Waals surface area contributed by atoms with Gasteiger partial charge in [0.2, 0.25) is 0 Å². The lowest BCUT2D eigenvalue weighted by Crippen LogP contribution is -2.30. The molecule has 0 aliphatic heterocycles. The molecule has 0 aliphatic carbocycles. The summed E-state index contributed by atoms with van der Waals surface area (Å²) < 4.78 is 6.89. The van der Waals surface area contributed by atoms with Crippen LogP contribution in [-0.4, -0.2) is 27.8 Å². The van der Waals surface area contributed by atoms with E-state index >= 15 is 0 Å². The molecule has 0 fully saturated rings. The van der Waals surface area contributed by atoms with Crippen LogP contribution in [0.1, 0.15) is 49.3 Å². The number of carbonyl (C=O) groups excluding carboxylic acids is 2. The van der Waals surface area contributed by atoms with Crippen LogP contribution < -0.4 is 5.32 Å². The van der Waals surface area contributed by atoms with E-state index < -0.39 is 18.0 Å². The Labute approximate surface area is 164 Å². The molecule has 1 heterocycles. The molecule has 6 nitrogen and oxygen atoms in total. The number of rotatable bonds is 7. The molecule has 0 aliphatic rings. The highest BCUT2D eigenvalue weighted by Gasteiger charge is 2.26. The van der Waals surface area contributed by atoms with Crippen LogP contribution >= 0.6 is 11.6 Å². The summed E-state index contributed by atoms with van der Waals surface area (Å²) in [4.78, 5) is 24.8. The van der Waals surface area contributed by atoms with Gasteiger partial charge >= 0.3 is 5.97 Å². The van der Waals surface area contributed by atoms with Gasteiger partial charge in [0.25, 0.3) is 5.91 Å². The number of aromatic nitrogens is 2.